The lowest BCUT2D eigenvalue weighted by Gasteiger charge is -2.02. The lowest BCUT2D eigenvalue weighted by Crippen LogP contribution is -2.18. The lowest BCUT2D eigenvalue weighted by atomic mass is 10.2. The van der Waals surface area contributed by atoms with Gasteiger partial charge in [-0.15, -0.1) is 0 Å². The maximum absolute atomic E-state index is 11.7. The average molecular weight is 307 g/mol. The Kier molecular flexibility index (Phi) is 4.62. The van der Waals surface area contributed by atoms with Gasteiger partial charge in [-0.05, 0) is 18.2 Å². The third kappa shape index (κ3) is 3.55. The van der Waals surface area contributed by atoms with Gasteiger partial charge in [0.2, 0.25) is 0 Å². The summed E-state index contributed by atoms with van der Waals surface area (Å²) in [4.78, 5) is 11.7. The second kappa shape index (κ2) is 6.00. The first kappa shape index (κ1) is 13.1. The number of amides is 1. The van der Waals surface area contributed by atoms with Crippen molar-refractivity contribution in [3.8, 4) is 0 Å². The van der Waals surface area contributed by atoms with Gasteiger partial charge in [0.1, 0.15) is 4.38 Å². The minimum atomic E-state index is -0.288. The molecule has 1 amide bonds. The van der Waals surface area contributed by atoms with E-state index in [-0.39, 0.29) is 5.91 Å². The maximum atomic E-state index is 11.7. The molecular weight excluding hydrogens is 299 g/mol. The van der Waals surface area contributed by atoms with Crippen LogP contribution in [0, 0.1) is 0 Å². The topological polar surface area (TPSA) is 41.5 Å². The van der Waals surface area contributed by atoms with E-state index in [4.69, 9.17) is 23.2 Å². The fourth-order valence-electron chi connectivity index (χ4n) is 1.16. The van der Waals surface area contributed by atoms with Crippen molar-refractivity contribution in [1.82, 2.24) is 5.43 Å². The van der Waals surface area contributed by atoms with Gasteiger partial charge in [-0.2, -0.15) is 5.10 Å². The van der Waals surface area contributed by atoms with Gasteiger partial charge in [-0.3, -0.25) is 4.79 Å². The molecule has 1 saturated heterocycles. The van der Waals surface area contributed by atoms with Crippen LogP contribution in [0.1, 0.15) is 10.4 Å². The highest BCUT2D eigenvalue weighted by Crippen LogP contribution is 2.25. The molecule has 1 aromatic rings. The van der Waals surface area contributed by atoms with E-state index in [9.17, 15) is 4.79 Å². The molecule has 90 valence electrons. The number of benzene rings is 1. The summed E-state index contributed by atoms with van der Waals surface area (Å²) in [5, 5.41) is 4.80. The van der Waals surface area contributed by atoms with Crippen LogP contribution in [0.4, 0.5) is 0 Å². The number of rotatable bonds is 2. The smallest absolute Gasteiger partial charge is 0.267 e. The van der Waals surface area contributed by atoms with E-state index in [1.165, 1.54) is 6.07 Å². The zero-order chi connectivity index (χ0) is 12.3. The molecule has 0 radical (unpaired) electrons. The summed E-state index contributed by atoms with van der Waals surface area (Å²) >= 11 is 14.9. The number of thioether (sulfide) groups is 2. The van der Waals surface area contributed by atoms with Gasteiger partial charge in [-0.1, -0.05) is 46.7 Å². The van der Waals surface area contributed by atoms with E-state index in [0.29, 0.717) is 15.6 Å². The highest BCUT2D eigenvalue weighted by atomic mass is 35.5. The Morgan fingerprint density at radius 2 is 1.94 bits per heavy atom. The summed E-state index contributed by atoms with van der Waals surface area (Å²) < 4.78 is 0.887. The Morgan fingerprint density at radius 3 is 2.59 bits per heavy atom. The average Bonchev–Trinajstić information content (AvgIpc) is 2.82. The van der Waals surface area contributed by atoms with Crippen molar-refractivity contribution in [2.45, 2.75) is 0 Å². The summed E-state index contributed by atoms with van der Waals surface area (Å²) in [6.07, 6.45) is 0. The van der Waals surface area contributed by atoms with Crippen LogP contribution in [0.5, 0.6) is 0 Å². The number of carbonyl (C=O) groups is 1. The number of carbonyl (C=O) groups excluding carboxylic acids is 1. The molecule has 0 aromatic heterocycles. The van der Waals surface area contributed by atoms with Crippen molar-refractivity contribution in [1.29, 1.82) is 0 Å². The summed E-state index contributed by atoms with van der Waals surface area (Å²) in [6, 6.07) is 4.72. The van der Waals surface area contributed by atoms with Crippen LogP contribution in [-0.2, 0) is 0 Å². The summed E-state index contributed by atoms with van der Waals surface area (Å²) in [5.74, 6) is 1.78. The van der Waals surface area contributed by atoms with Crippen LogP contribution < -0.4 is 5.43 Å². The van der Waals surface area contributed by atoms with Crippen LogP contribution >= 0.6 is 46.7 Å². The highest BCUT2D eigenvalue weighted by Gasteiger charge is 2.11. The zero-order valence-corrected chi connectivity index (χ0v) is 11.7. The molecule has 1 N–H and O–H groups in total. The number of hydrazone groups is 1. The molecule has 2 rings (SSSR count). The second-order valence-electron chi connectivity index (χ2n) is 3.14. The Hall–Kier alpha value is -0.360. The molecule has 17 heavy (non-hydrogen) atoms. The Morgan fingerprint density at radius 1 is 1.24 bits per heavy atom. The summed E-state index contributed by atoms with van der Waals surface area (Å²) in [5.41, 5.74) is 2.93. The van der Waals surface area contributed by atoms with Gasteiger partial charge in [0.15, 0.2) is 0 Å². The summed E-state index contributed by atoms with van der Waals surface area (Å²) in [6.45, 7) is 0. The van der Waals surface area contributed by atoms with E-state index in [1.54, 1.807) is 35.7 Å². The van der Waals surface area contributed by atoms with Gasteiger partial charge in [0.05, 0.1) is 10.0 Å². The molecule has 1 heterocycles. The van der Waals surface area contributed by atoms with Crippen LogP contribution in [0.15, 0.2) is 23.3 Å². The fourth-order valence-corrected chi connectivity index (χ4v) is 3.53. The molecule has 1 fully saturated rings. The number of hydrogen-bond donors (Lipinski definition) is 1. The standard InChI is InChI=1S/C10H8Cl2N2OS2/c11-7-2-1-6(5-8(7)12)9(15)13-14-10-16-3-4-17-10/h1-2,5H,3-4H2,(H,13,15). The number of nitrogens with one attached hydrogen (secondary N) is 1. The van der Waals surface area contributed by atoms with Crippen molar-refractivity contribution in [3.63, 3.8) is 0 Å². The first-order chi connectivity index (χ1) is 8.16. The molecule has 1 aromatic carbocycles. The molecule has 0 atom stereocenters. The molecule has 0 bridgehead atoms. The number of nitrogens with zero attached hydrogens (tertiary/aromatic N) is 1. The minimum Gasteiger partial charge on any atom is -0.267 e. The van der Waals surface area contributed by atoms with E-state index in [1.807, 2.05) is 0 Å². The normalized spacial score (nSPS) is 14.8. The minimum absolute atomic E-state index is 0.288. The second-order valence-corrected chi connectivity index (χ2v) is 6.38. The maximum Gasteiger partial charge on any atom is 0.271 e. The Labute approximate surface area is 117 Å². The Balaban J connectivity index is 2.04. The zero-order valence-electron chi connectivity index (χ0n) is 8.57. The molecule has 0 unspecified atom stereocenters. The van der Waals surface area contributed by atoms with Crippen molar-refractivity contribution in [2.75, 3.05) is 11.5 Å². The van der Waals surface area contributed by atoms with Gasteiger partial charge >= 0.3 is 0 Å². The first-order valence-corrected chi connectivity index (χ1v) is 7.48. The van der Waals surface area contributed by atoms with Gasteiger partial charge in [0, 0.05) is 17.1 Å². The summed E-state index contributed by atoms with van der Waals surface area (Å²) in [7, 11) is 0. The van der Waals surface area contributed by atoms with Crippen molar-refractivity contribution in [3.05, 3.63) is 33.8 Å². The van der Waals surface area contributed by atoms with Crippen molar-refractivity contribution in [2.24, 2.45) is 5.10 Å². The predicted molar refractivity (Wildman–Crippen MR) is 76.3 cm³/mol. The van der Waals surface area contributed by atoms with Crippen molar-refractivity contribution >= 4 is 57.0 Å². The first-order valence-electron chi connectivity index (χ1n) is 4.75. The van der Waals surface area contributed by atoms with E-state index < -0.39 is 0 Å². The van der Waals surface area contributed by atoms with Crippen LogP contribution in [0.3, 0.4) is 0 Å². The van der Waals surface area contributed by atoms with Gasteiger partial charge < -0.3 is 0 Å². The van der Waals surface area contributed by atoms with Crippen LogP contribution in [-0.4, -0.2) is 21.8 Å². The van der Waals surface area contributed by atoms with Crippen molar-refractivity contribution < 1.29 is 4.79 Å². The van der Waals surface area contributed by atoms with Gasteiger partial charge in [0.25, 0.3) is 5.91 Å². The molecule has 7 heteroatoms. The third-order valence-electron chi connectivity index (χ3n) is 1.96. The predicted octanol–water partition coefficient (Wildman–Crippen LogP) is 3.47. The molecule has 3 nitrogen and oxygen atoms in total. The fraction of sp³-hybridized carbons (Fsp3) is 0.200. The van der Waals surface area contributed by atoms with E-state index in [2.05, 4.69) is 10.5 Å². The van der Waals surface area contributed by atoms with E-state index in [0.717, 1.165) is 15.9 Å². The SMILES string of the molecule is O=C(NN=C1SCCS1)c1ccc(Cl)c(Cl)c1. The molecular formula is C10H8Cl2N2OS2. The van der Waals surface area contributed by atoms with E-state index >= 15 is 0 Å². The monoisotopic (exact) mass is 306 g/mol. The number of hydrogen-bond acceptors (Lipinski definition) is 4. The molecule has 1 aliphatic heterocycles. The largest absolute Gasteiger partial charge is 0.271 e. The molecule has 0 saturated carbocycles. The molecule has 1 aliphatic rings. The quantitative estimate of drug-likeness (QED) is 0.851. The number of halogens is 2. The molecule has 0 spiro atoms. The third-order valence-corrected chi connectivity index (χ3v) is 5.16. The van der Waals surface area contributed by atoms with Gasteiger partial charge in [-0.25, -0.2) is 5.43 Å². The van der Waals surface area contributed by atoms with Crippen LogP contribution in [0.2, 0.25) is 10.0 Å². The van der Waals surface area contributed by atoms with Crippen LogP contribution in [0.25, 0.3) is 0 Å². The Bertz CT molecular complexity index is 471. The molecule has 0 aliphatic carbocycles. The highest BCUT2D eigenvalue weighted by molar-refractivity contribution is 8.41. The lowest BCUT2D eigenvalue weighted by molar-refractivity contribution is 0.0955.